The topological polar surface area (TPSA) is 86.9 Å². The minimum absolute atomic E-state index is 0.136. The van der Waals surface area contributed by atoms with Crippen LogP contribution in [0, 0.1) is 0 Å². The minimum Gasteiger partial charge on any atom is -0.365 e. The van der Waals surface area contributed by atoms with Crippen LogP contribution in [0.4, 0.5) is 5.82 Å². The van der Waals surface area contributed by atoms with Crippen LogP contribution in [0.2, 0.25) is 0 Å². The van der Waals surface area contributed by atoms with Crippen molar-refractivity contribution in [3.05, 3.63) is 47.3 Å². The maximum Gasteiger partial charge on any atom is 0.272 e. The van der Waals surface area contributed by atoms with Gasteiger partial charge in [0.15, 0.2) is 5.82 Å². The number of hydrogen-bond acceptors (Lipinski definition) is 4. The average Bonchev–Trinajstić information content (AvgIpc) is 2.58. The molecular weight excluding hydrogens is 292 g/mol. The Morgan fingerprint density at radius 3 is 2.78 bits per heavy atom. The molecule has 0 spiro atoms. The molecule has 1 unspecified atom stereocenters. The predicted octanol–water partition coefficient (Wildman–Crippen LogP) is 1.95. The Kier molecular flexibility index (Phi) is 4.41. The van der Waals surface area contributed by atoms with Crippen LogP contribution in [0.5, 0.6) is 0 Å². The number of fused-ring (bicyclic) bond motifs is 1. The van der Waals surface area contributed by atoms with Crippen LogP contribution in [-0.2, 0) is 4.79 Å². The van der Waals surface area contributed by atoms with Gasteiger partial charge < -0.3 is 10.6 Å². The highest BCUT2D eigenvalue weighted by atomic mass is 16.1. The fraction of sp³-hybridized carbons (Fsp3) is 0.353. The highest BCUT2D eigenvalue weighted by Crippen LogP contribution is 2.24. The molecular formula is C17H20N4O2. The van der Waals surface area contributed by atoms with Crippen molar-refractivity contribution in [3.8, 4) is 0 Å². The van der Waals surface area contributed by atoms with Crippen LogP contribution in [0.3, 0.4) is 0 Å². The van der Waals surface area contributed by atoms with Gasteiger partial charge in [0.05, 0.1) is 5.39 Å². The third kappa shape index (κ3) is 3.41. The van der Waals surface area contributed by atoms with Crippen LogP contribution >= 0.6 is 0 Å². The van der Waals surface area contributed by atoms with Crippen molar-refractivity contribution in [2.24, 2.45) is 0 Å². The molecule has 0 aliphatic heterocycles. The number of anilines is 1. The van der Waals surface area contributed by atoms with E-state index in [-0.39, 0.29) is 23.6 Å². The van der Waals surface area contributed by atoms with Gasteiger partial charge in [-0.25, -0.2) is 5.10 Å². The molecule has 1 aliphatic carbocycles. The largest absolute Gasteiger partial charge is 0.365 e. The number of benzene rings is 1. The number of nitrogens with zero attached hydrogens (tertiary/aromatic N) is 1. The van der Waals surface area contributed by atoms with Crippen molar-refractivity contribution in [3.63, 3.8) is 0 Å². The summed E-state index contributed by atoms with van der Waals surface area (Å²) in [6.07, 6.45) is 5.14. The second-order valence-corrected chi connectivity index (χ2v) is 5.86. The Bertz CT molecular complexity index is 784. The van der Waals surface area contributed by atoms with E-state index in [0.29, 0.717) is 11.2 Å². The van der Waals surface area contributed by atoms with E-state index in [4.69, 9.17) is 0 Å². The van der Waals surface area contributed by atoms with E-state index in [0.717, 1.165) is 31.1 Å². The summed E-state index contributed by atoms with van der Waals surface area (Å²) in [5.74, 6) is 0.546. The molecule has 6 heteroatoms. The molecule has 2 atom stereocenters. The number of aromatic amines is 1. The minimum atomic E-state index is -0.189. The summed E-state index contributed by atoms with van der Waals surface area (Å²) in [5, 5.41) is 14.5. The molecule has 3 rings (SSSR count). The first-order chi connectivity index (χ1) is 11.2. The molecule has 120 valence electrons. The molecule has 3 N–H and O–H groups in total. The van der Waals surface area contributed by atoms with Gasteiger partial charge in [-0.1, -0.05) is 24.8 Å². The summed E-state index contributed by atoms with van der Waals surface area (Å²) >= 11 is 0. The van der Waals surface area contributed by atoms with E-state index < -0.39 is 0 Å². The molecule has 0 radical (unpaired) electrons. The van der Waals surface area contributed by atoms with Crippen molar-refractivity contribution in [1.29, 1.82) is 0 Å². The van der Waals surface area contributed by atoms with Crippen LogP contribution in [0.15, 0.2) is 41.7 Å². The Hall–Kier alpha value is -2.63. The molecule has 1 amide bonds. The van der Waals surface area contributed by atoms with Gasteiger partial charge in [0.25, 0.3) is 5.56 Å². The molecule has 6 nitrogen and oxygen atoms in total. The van der Waals surface area contributed by atoms with Gasteiger partial charge in [0, 0.05) is 17.5 Å². The number of carbonyl (C=O) groups is 1. The fourth-order valence-corrected chi connectivity index (χ4v) is 3.13. The van der Waals surface area contributed by atoms with Gasteiger partial charge in [-0.2, -0.15) is 5.10 Å². The van der Waals surface area contributed by atoms with E-state index in [1.165, 1.54) is 6.08 Å². The van der Waals surface area contributed by atoms with Crippen LogP contribution in [0.25, 0.3) is 10.8 Å². The van der Waals surface area contributed by atoms with Crippen molar-refractivity contribution >= 4 is 22.5 Å². The third-order valence-electron chi connectivity index (χ3n) is 4.24. The Balaban J connectivity index is 1.77. The van der Waals surface area contributed by atoms with Crippen LogP contribution in [0.1, 0.15) is 25.7 Å². The first kappa shape index (κ1) is 15.3. The molecule has 1 fully saturated rings. The molecule has 1 aromatic carbocycles. The zero-order valence-corrected chi connectivity index (χ0v) is 12.8. The van der Waals surface area contributed by atoms with E-state index in [9.17, 15) is 9.59 Å². The average molecular weight is 312 g/mol. The lowest BCUT2D eigenvalue weighted by Gasteiger charge is -2.30. The lowest BCUT2D eigenvalue weighted by Crippen LogP contribution is -2.41. The summed E-state index contributed by atoms with van der Waals surface area (Å²) in [6.45, 7) is 3.48. The number of H-pyrrole nitrogens is 1. The van der Waals surface area contributed by atoms with Crippen molar-refractivity contribution in [2.45, 2.75) is 37.8 Å². The molecule has 1 heterocycles. The maximum absolute atomic E-state index is 11.8. The van der Waals surface area contributed by atoms with Crippen molar-refractivity contribution in [1.82, 2.24) is 15.5 Å². The molecule has 0 bridgehead atoms. The van der Waals surface area contributed by atoms with Crippen molar-refractivity contribution < 1.29 is 4.79 Å². The standard InChI is InChI=1S/C17H20N4O2/c1-2-15(22)18-11-6-5-7-12(10-11)19-16-13-8-3-4-9-14(13)17(23)21-20-16/h2-4,8-9,11-12H,1,5-7,10H2,(H,18,22)(H,19,20)(H,21,23)/t11-,12?/m1/s1. The predicted molar refractivity (Wildman–Crippen MR) is 90.4 cm³/mol. The lowest BCUT2D eigenvalue weighted by atomic mass is 9.91. The summed E-state index contributed by atoms with van der Waals surface area (Å²) in [7, 11) is 0. The molecule has 1 aliphatic rings. The molecule has 1 saturated carbocycles. The normalized spacial score (nSPS) is 20.9. The van der Waals surface area contributed by atoms with Crippen LogP contribution < -0.4 is 16.2 Å². The lowest BCUT2D eigenvalue weighted by molar-refractivity contribution is -0.117. The number of nitrogens with one attached hydrogen (secondary N) is 3. The quantitative estimate of drug-likeness (QED) is 0.753. The van der Waals surface area contributed by atoms with Gasteiger partial charge in [-0.15, -0.1) is 0 Å². The number of rotatable bonds is 4. The Labute approximate surface area is 134 Å². The third-order valence-corrected chi connectivity index (χ3v) is 4.24. The van der Waals surface area contributed by atoms with E-state index in [1.807, 2.05) is 18.2 Å². The zero-order chi connectivity index (χ0) is 16.2. The molecule has 0 saturated heterocycles. The van der Waals surface area contributed by atoms with Gasteiger partial charge in [-0.05, 0) is 37.8 Å². The van der Waals surface area contributed by atoms with E-state index >= 15 is 0 Å². The molecule has 1 aromatic heterocycles. The monoisotopic (exact) mass is 312 g/mol. The first-order valence-electron chi connectivity index (χ1n) is 7.84. The number of amides is 1. The number of hydrogen-bond donors (Lipinski definition) is 3. The highest BCUT2D eigenvalue weighted by Gasteiger charge is 2.23. The smallest absolute Gasteiger partial charge is 0.272 e. The van der Waals surface area contributed by atoms with Crippen molar-refractivity contribution in [2.75, 3.05) is 5.32 Å². The summed E-state index contributed by atoms with van der Waals surface area (Å²) < 4.78 is 0. The first-order valence-corrected chi connectivity index (χ1v) is 7.84. The summed E-state index contributed by atoms with van der Waals surface area (Å²) in [6, 6.07) is 7.75. The fourth-order valence-electron chi connectivity index (χ4n) is 3.13. The van der Waals surface area contributed by atoms with Gasteiger partial charge in [0.2, 0.25) is 5.91 Å². The van der Waals surface area contributed by atoms with Gasteiger partial charge in [-0.3, -0.25) is 9.59 Å². The molecule has 23 heavy (non-hydrogen) atoms. The summed E-state index contributed by atoms with van der Waals surface area (Å²) in [4.78, 5) is 23.3. The molecule has 2 aromatic rings. The number of carbonyl (C=O) groups excluding carboxylic acids is 1. The Morgan fingerprint density at radius 1 is 1.26 bits per heavy atom. The maximum atomic E-state index is 11.8. The van der Waals surface area contributed by atoms with Gasteiger partial charge >= 0.3 is 0 Å². The number of aromatic nitrogens is 2. The SMILES string of the molecule is C=CC(=O)N[C@@H]1CCCC(Nc2n[nH]c(=O)c3ccccc23)C1. The second kappa shape index (κ2) is 6.64. The Morgan fingerprint density at radius 2 is 2.00 bits per heavy atom. The van der Waals surface area contributed by atoms with Crippen LogP contribution in [-0.4, -0.2) is 28.2 Å². The zero-order valence-electron chi connectivity index (χ0n) is 12.8. The second-order valence-electron chi connectivity index (χ2n) is 5.86. The van der Waals surface area contributed by atoms with E-state index in [2.05, 4.69) is 27.4 Å². The highest BCUT2D eigenvalue weighted by molar-refractivity contribution is 5.90. The van der Waals surface area contributed by atoms with Gasteiger partial charge in [0.1, 0.15) is 0 Å². The summed E-state index contributed by atoms with van der Waals surface area (Å²) in [5.41, 5.74) is -0.189. The van der Waals surface area contributed by atoms with E-state index in [1.54, 1.807) is 6.07 Å².